The van der Waals surface area contributed by atoms with Crippen molar-refractivity contribution in [3.05, 3.63) is 17.2 Å². The molecule has 0 aromatic carbocycles. The van der Waals surface area contributed by atoms with Crippen LogP contribution in [0.2, 0.25) is 5.15 Å². The number of hydrogen-bond acceptors (Lipinski definition) is 4. The van der Waals surface area contributed by atoms with E-state index in [1.54, 1.807) is 0 Å². The van der Waals surface area contributed by atoms with Crippen molar-refractivity contribution in [1.82, 2.24) is 9.97 Å². The van der Waals surface area contributed by atoms with Gasteiger partial charge in [-0.15, -0.1) is 0 Å². The predicted molar refractivity (Wildman–Crippen MR) is 39.3 cm³/mol. The molecule has 0 radical (unpaired) electrons. The van der Waals surface area contributed by atoms with Crippen LogP contribution in [0, 0.1) is 0 Å². The average molecular weight is 159 g/mol. The highest BCUT2D eigenvalue weighted by Crippen LogP contribution is 2.16. The molecule has 0 bridgehead atoms. The predicted octanol–water partition coefficient (Wildman–Crippen LogP) is 0.171. The van der Waals surface area contributed by atoms with Crippen molar-refractivity contribution in [3.63, 3.8) is 0 Å². The molecule has 0 saturated heterocycles. The van der Waals surface area contributed by atoms with E-state index in [1.165, 1.54) is 6.33 Å². The van der Waals surface area contributed by atoms with Crippen LogP contribution in [0.4, 0.5) is 5.69 Å². The Labute approximate surface area is 63.2 Å². The SMILES string of the molecule is NCc1ncnc(Cl)c1N. The van der Waals surface area contributed by atoms with Gasteiger partial charge < -0.3 is 11.5 Å². The van der Waals surface area contributed by atoms with Gasteiger partial charge >= 0.3 is 0 Å². The summed E-state index contributed by atoms with van der Waals surface area (Å²) in [4.78, 5) is 7.47. The molecule has 0 fully saturated rings. The summed E-state index contributed by atoms with van der Waals surface area (Å²) in [5.41, 5.74) is 11.7. The van der Waals surface area contributed by atoms with E-state index >= 15 is 0 Å². The molecular weight excluding hydrogens is 152 g/mol. The zero-order valence-corrected chi connectivity index (χ0v) is 5.97. The smallest absolute Gasteiger partial charge is 0.155 e. The Morgan fingerprint density at radius 3 is 2.70 bits per heavy atom. The molecule has 0 saturated carbocycles. The van der Waals surface area contributed by atoms with Crippen molar-refractivity contribution in [2.45, 2.75) is 6.54 Å². The summed E-state index contributed by atoms with van der Waals surface area (Å²) in [6.45, 7) is 0.286. The first-order valence-electron chi connectivity index (χ1n) is 2.70. The number of anilines is 1. The monoisotopic (exact) mass is 158 g/mol. The first kappa shape index (κ1) is 7.24. The van der Waals surface area contributed by atoms with E-state index in [-0.39, 0.29) is 11.7 Å². The van der Waals surface area contributed by atoms with E-state index in [0.29, 0.717) is 11.4 Å². The highest BCUT2D eigenvalue weighted by Gasteiger charge is 2.01. The molecule has 0 atom stereocenters. The lowest BCUT2D eigenvalue weighted by Crippen LogP contribution is -2.05. The van der Waals surface area contributed by atoms with Gasteiger partial charge in [-0.25, -0.2) is 9.97 Å². The fourth-order valence-electron chi connectivity index (χ4n) is 0.570. The summed E-state index contributed by atoms with van der Waals surface area (Å²) >= 11 is 5.56. The molecule has 0 aliphatic rings. The first-order valence-corrected chi connectivity index (χ1v) is 3.08. The van der Waals surface area contributed by atoms with Crippen LogP contribution >= 0.6 is 11.6 Å². The molecule has 1 aromatic rings. The van der Waals surface area contributed by atoms with Crippen LogP contribution in [0.5, 0.6) is 0 Å². The average Bonchev–Trinajstić information content (AvgIpc) is 1.95. The quantitative estimate of drug-likeness (QED) is 0.572. The molecule has 0 amide bonds. The van der Waals surface area contributed by atoms with Gasteiger partial charge in [0.25, 0.3) is 0 Å². The highest BCUT2D eigenvalue weighted by molar-refractivity contribution is 6.31. The molecule has 1 heterocycles. The molecule has 0 aliphatic heterocycles. The van der Waals surface area contributed by atoms with Crippen molar-refractivity contribution in [3.8, 4) is 0 Å². The molecule has 10 heavy (non-hydrogen) atoms. The lowest BCUT2D eigenvalue weighted by Gasteiger charge is -2.00. The Balaban J connectivity index is 3.14. The summed E-state index contributed by atoms with van der Waals surface area (Å²) in [5, 5.41) is 0.260. The largest absolute Gasteiger partial charge is 0.395 e. The van der Waals surface area contributed by atoms with E-state index in [9.17, 15) is 0 Å². The number of nitrogen functional groups attached to an aromatic ring is 1. The van der Waals surface area contributed by atoms with Crippen LogP contribution in [-0.2, 0) is 6.54 Å². The minimum Gasteiger partial charge on any atom is -0.395 e. The van der Waals surface area contributed by atoms with E-state index < -0.39 is 0 Å². The van der Waals surface area contributed by atoms with Crippen molar-refractivity contribution >= 4 is 17.3 Å². The van der Waals surface area contributed by atoms with Crippen LogP contribution in [0.15, 0.2) is 6.33 Å². The second-order valence-corrected chi connectivity index (χ2v) is 2.09. The van der Waals surface area contributed by atoms with Crippen molar-refractivity contribution < 1.29 is 0 Å². The lowest BCUT2D eigenvalue weighted by atomic mass is 10.3. The lowest BCUT2D eigenvalue weighted by molar-refractivity contribution is 0.970. The minimum atomic E-state index is 0.260. The molecule has 54 valence electrons. The fourth-order valence-corrected chi connectivity index (χ4v) is 0.723. The van der Waals surface area contributed by atoms with Gasteiger partial charge in [-0.1, -0.05) is 11.6 Å². The van der Waals surface area contributed by atoms with E-state index in [4.69, 9.17) is 23.1 Å². The second kappa shape index (κ2) is 2.81. The standard InChI is InChI=1S/C5H7ClN4/c6-5-4(8)3(1-7)9-2-10-5/h2H,1,7-8H2. The maximum absolute atomic E-state index is 5.56. The first-order chi connectivity index (χ1) is 4.75. The topological polar surface area (TPSA) is 77.8 Å². The number of halogens is 1. The molecule has 4 N–H and O–H groups in total. The van der Waals surface area contributed by atoms with E-state index in [1.807, 2.05) is 0 Å². The highest BCUT2D eigenvalue weighted by atomic mass is 35.5. The Morgan fingerprint density at radius 2 is 2.20 bits per heavy atom. The van der Waals surface area contributed by atoms with Gasteiger partial charge in [0.15, 0.2) is 5.15 Å². The summed E-state index contributed by atoms with van der Waals surface area (Å²) < 4.78 is 0. The molecule has 5 heteroatoms. The fraction of sp³-hybridized carbons (Fsp3) is 0.200. The number of rotatable bonds is 1. The van der Waals surface area contributed by atoms with E-state index in [0.717, 1.165) is 0 Å². The van der Waals surface area contributed by atoms with Crippen LogP contribution in [0.25, 0.3) is 0 Å². The summed E-state index contributed by atoms with van der Waals surface area (Å²) in [6, 6.07) is 0. The van der Waals surface area contributed by atoms with Crippen LogP contribution in [0.1, 0.15) is 5.69 Å². The summed E-state index contributed by atoms with van der Waals surface area (Å²) in [6.07, 6.45) is 1.33. The Morgan fingerprint density at radius 1 is 1.50 bits per heavy atom. The minimum absolute atomic E-state index is 0.260. The second-order valence-electron chi connectivity index (χ2n) is 1.73. The zero-order chi connectivity index (χ0) is 7.56. The molecule has 1 aromatic heterocycles. The normalized spacial score (nSPS) is 9.80. The van der Waals surface area contributed by atoms with Gasteiger partial charge in [-0.05, 0) is 0 Å². The van der Waals surface area contributed by atoms with Gasteiger partial charge in [0.05, 0.1) is 11.4 Å². The number of nitrogens with zero attached hydrogens (tertiary/aromatic N) is 2. The van der Waals surface area contributed by atoms with Gasteiger partial charge in [0.1, 0.15) is 6.33 Å². The molecule has 1 rings (SSSR count). The van der Waals surface area contributed by atoms with Crippen molar-refractivity contribution in [1.29, 1.82) is 0 Å². The molecule has 4 nitrogen and oxygen atoms in total. The number of hydrogen-bond donors (Lipinski definition) is 2. The van der Waals surface area contributed by atoms with E-state index in [2.05, 4.69) is 9.97 Å². The van der Waals surface area contributed by atoms with Gasteiger partial charge in [-0.3, -0.25) is 0 Å². The third-order valence-corrected chi connectivity index (χ3v) is 1.41. The molecule has 0 spiro atoms. The van der Waals surface area contributed by atoms with Gasteiger partial charge in [0.2, 0.25) is 0 Å². The molecule has 0 aliphatic carbocycles. The van der Waals surface area contributed by atoms with Gasteiger partial charge in [-0.2, -0.15) is 0 Å². The van der Waals surface area contributed by atoms with Crippen molar-refractivity contribution in [2.75, 3.05) is 5.73 Å². The van der Waals surface area contributed by atoms with Crippen LogP contribution < -0.4 is 11.5 Å². The Kier molecular flexibility index (Phi) is 2.03. The van der Waals surface area contributed by atoms with Gasteiger partial charge in [0, 0.05) is 6.54 Å². The van der Waals surface area contributed by atoms with Crippen LogP contribution in [0.3, 0.4) is 0 Å². The number of nitrogens with two attached hydrogens (primary N) is 2. The maximum atomic E-state index is 5.56. The third kappa shape index (κ3) is 1.17. The molecular formula is C5H7ClN4. The van der Waals surface area contributed by atoms with Crippen LogP contribution in [-0.4, -0.2) is 9.97 Å². The summed E-state index contributed by atoms with van der Waals surface area (Å²) in [7, 11) is 0. The molecule has 0 unspecified atom stereocenters. The third-order valence-electron chi connectivity index (χ3n) is 1.11. The maximum Gasteiger partial charge on any atom is 0.155 e. The summed E-state index contributed by atoms with van der Waals surface area (Å²) in [5.74, 6) is 0. The Hall–Kier alpha value is -0.870. The Bertz CT molecular complexity index is 237. The number of aromatic nitrogens is 2. The zero-order valence-electron chi connectivity index (χ0n) is 5.21. The van der Waals surface area contributed by atoms with Crippen molar-refractivity contribution in [2.24, 2.45) is 5.73 Å².